The lowest BCUT2D eigenvalue weighted by Gasteiger charge is -2.34. The highest BCUT2D eigenvalue weighted by molar-refractivity contribution is 7.92. The molecule has 8 nitrogen and oxygen atoms in total. The van der Waals surface area contributed by atoms with Crippen LogP contribution >= 0.6 is 0 Å². The Balaban J connectivity index is 2.04. The van der Waals surface area contributed by atoms with Crippen LogP contribution in [-0.2, 0) is 14.8 Å². The SMILES string of the molecule is CCCNC(=O)C1CN(S(=O)(=O)c2ccc(F)c(C(=O)O)c2)c2ccccc2O1. The van der Waals surface area contributed by atoms with Gasteiger partial charge in [0.15, 0.2) is 6.10 Å². The molecule has 154 valence electrons. The summed E-state index contributed by atoms with van der Waals surface area (Å²) in [5, 5.41) is 11.8. The van der Waals surface area contributed by atoms with Crippen molar-refractivity contribution >= 4 is 27.6 Å². The number of fused-ring (bicyclic) bond motifs is 1. The van der Waals surface area contributed by atoms with Gasteiger partial charge < -0.3 is 15.2 Å². The number of anilines is 1. The van der Waals surface area contributed by atoms with Gasteiger partial charge in [0, 0.05) is 6.54 Å². The molecule has 10 heteroatoms. The smallest absolute Gasteiger partial charge is 0.338 e. The van der Waals surface area contributed by atoms with Crippen LogP contribution in [0.3, 0.4) is 0 Å². The van der Waals surface area contributed by atoms with Crippen LogP contribution in [0.15, 0.2) is 47.4 Å². The maximum absolute atomic E-state index is 13.7. The lowest BCUT2D eigenvalue weighted by Crippen LogP contribution is -2.50. The molecule has 1 unspecified atom stereocenters. The third-order valence-electron chi connectivity index (χ3n) is 4.33. The number of carboxylic acid groups (broad SMARTS) is 1. The Morgan fingerprint density at radius 3 is 2.69 bits per heavy atom. The van der Waals surface area contributed by atoms with E-state index in [1.165, 1.54) is 12.1 Å². The summed E-state index contributed by atoms with van der Waals surface area (Å²) in [6, 6.07) is 8.82. The van der Waals surface area contributed by atoms with E-state index < -0.39 is 44.3 Å². The number of carbonyl (C=O) groups excluding carboxylic acids is 1. The molecule has 2 aromatic carbocycles. The number of halogens is 1. The first-order valence-corrected chi connectivity index (χ1v) is 10.3. The van der Waals surface area contributed by atoms with Crippen LogP contribution in [-0.4, -0.2) is 44.6 Å². The Labute approximate surface area is 167 Å². The highest BCUT2D eigenvalue weighted by atomic mass is 32.2. The molecule has 3 rings (SSSR count). The molecule has 0 bridgehead atoms. The Hall–Kier alpha value is -3.14. The summed E-state index contributed by atoms with van der Waals surface area (Å²) in [4.78, 5) is 23.2. The number of carbonyl (C=O) groups is 2. The van der Waals surface area contributed by atoms with E-state index in [4.69, 9.17) is 9.84 Å². The predicted octanol–water partition coefficient (Wildman–Crippen LogP) is 2.01. The Morgan fingerprint density at radius 2 is 2.00 bits per heavy atom. The van der Waals surface area contributed by atoms with Crippen LogP contribution in [0.2, 0.25) is 0 Å². The average Bonchev–Trinajstić information content (AvgIpc) is 2.71. The number of aromatic carboxylic acids is 1. The molecule has 2 aromatic rings. The van der Waals surface area contributed by atoms with E-state index in [1.54, 1.807) is 12.1 Å². The minimum absolute atomic E-state index is 0.194. The first-order chi connectivity index (χ1) is 13.8. The number of hydrogen-bond donors (Lipinski definition) is 2. The molecule has 0 fully saturated rings. The summed E-state index contributed by atoms with van der Waals surface area (Å²) < 4.78 is 46.8. The second-order valence-electron chi connectivity index (χ2n) is 6.35. The van der Waals surface area contributed by atoms with Gasteiger partial charge in [0.2, 0.25) is 0 Å². The normalized spacial score (nSPS) is 15.9. The number of amides is 1. The number of rotatable bonds is 6. The van der Waals surface area contributed by atoms with Gasteiger partial charge in [-0.2, -0.15) is 0 Å². The minimum atomic E-state index is -4.29. The molecular formula is C19H19FN2O6S. The second-order valence-corrected chi connectivity index (χ2v) is 8.21. The molecule has 29 heavy (non-hydrogen) atoms. The number of benzene rings is 2. The van der Waals surface area contributed by atoms with Gasteiger partial charge in [0.05, 0.1) is 22.7 Å². The Morgan fingerprint density at radius 1 is 1.28 bits per heavy atom. The molecule has 0 aliphatic carbocycles. The van der Waals surface area contributed by atoms with Crippen molar-refractivity contribution < 1.29 is 32.2 Å². The number of carboxylic acids is 1. The van der Waals surface area contributed by atoms with Gasteiger partial charge in [-0.25, -0.2) is 17.6 Å². The molecule has 0 radical (unpaired) electrons. The van der Waals surface area contributed by atoms with Gasteiger partial charge in [0.25, 0.3) is 15.9 Å². The van der Waals surface area contributed by atoms with Gasteiger partial charge in [-0.05, 0) is 36.8 Å². The maximum atomic E-state index is 13.7. The molecule has 1 heterocycles. The van der Waals surface area contributed by atoms with Gasteiger partial charge in [-0.15, -0.1) is 0 Å². The zero-order chi connectivity index (χ0) is 21.2. The van der Waals surface area contributed by atoms with E-state index in [2.05, 4.69) is 5.32 Å². The van der Waals surface area contributed by atoms with E-state index in [-0.39, 0.29) is 18.0 Å². The second kappa shape index (κ2) is 8.08. The number of sulfonamides is 1. The molecule has 0 saturated heterocycles. The number of hydrogen-bond acceptors (Lipinski definition) is 5. The summed E-state index contributed by atoms with van der Waals surface area (Å²) in [5.41, 5.74) is -0.557. The highest BCUT2D eigenvalue weighted by Crippen LogP contribution is 2.37. The summed E-state index contributed by atoms with van der Waals surface area (Å²) in [7, 11) is -4.29. The predicted molar refractivity (Wildman–Crippen MR) is 102 cm³/mol. The van der Waals surface area contributed by atoms with Crippen molar-refractivity contribution in [1.29, 1.82) is 0 Å². The van der Waals surface area contributed by atoms with Crippen LogP contribution in [0, 0.1) is 5.82 Å². The standard InChI is InChI=1S/C19H19FN2O6S/c1-2-9-21-18(23)17-11-22(15-5-3-4-6-16(15)28-17)29(26,27)12-7-8-14(20)13(10-12)19(24)25/h3-8,10,17H,2,9,11H2,1H3,(H,21,23)(H,24,25). The first-order valence-electron chi connectivity index (χ1n) is 8.84. The van der Waals surface area contributed by atoms with Gasteiger partial charge in [0.1, 0.15) is 11.6 Å². The maximum Gasteiger partial charge on any atom is 0.338 e. The number of ether oxygens (including phenoxy) is 1. The molecule has 0 saturated carbocycles. The first kappa shape index (κ1) is 20.6. The molecule has 1 amide bonds. The van der Waals surface area contributed by atoms with Gasteiger partial charge in [-0.1, -0.05) is 19.1 Å². The third-order valence-corrected chi connectivity index (χ3v) is 6.11. The summed E-state index contributed by atoms with van der Waals surface area (Å²) in [6.45, 7) is 1.98. The van der Waals surface area contributed by atoms with Crippen LogP contribution in [0.25, 0.3) is 0 Å². The van der Waals surface area contributed by atoms with E-state index in [1.807, 2.05) is 6.92 Å². The Kier molecular flexibility index (Phi) is 5.73. The van der Waals surface area contributed by atoms with E-state index >= 15 is 0 Å². The van der Waals surface area contributed by atoms with Gasteiger partial charge >= 0.3 is 5.97 Å². The van der Waals surface area contributed by atoms with Crippen molar-refractivity contribution in [3.05, 3.63) is 53.8 Å². The Bertz CT molecular complexity index is 1060. The van der Waals surface area contributed by atoms with Gasteiger partial charge in [-0.3, -0.25) is 9.10 Å². The quantitative estimate of drug-likeness (QED) is 0.736. The largest absolute Gasteiger partial charge is 0.478 e. The molecule has 1 aliphatic rings. The fourth-order valence-electron chi connectivity index (χ4n) is 2.88. The number of para-hydroxylation sites is 2. The summed E-state index contributed by atoms with van der Waals surface area (Å²) in [5.74, 6) is -2.90. The fraction of sp³-hybridized carbons (Fsp3) is 0.263. The zero-order valence-electron chi connectivity index (χ0n) is 15.5. The molecular weight excluding hydrogens is 403 g/mol. The van der Waals surface area contributed by atoms with Crippen LogP contribution in [0.5, 0.6) is 5.75 Å². The van der Waals surface area contributed by atoms with Crippen LogP contribution < -0.4 is 14.4 Å². The lowest BCUT2D eigenvalue weighted by molar-refractivity contribution is -0.127. The minimum Gasteiger partial charge on any atom is -0.478 e. The van der Waals surface area contributed by atoms with Crippen LogP contribution in [0.4, 0.5) is 10.1 Å². The van der Waals surface area contributed by atoms with E-state index in [0.29, 0.717) is 13.0 Å². The van der Waals surface area contributed by atoms with Crippen molar-refractivity contribution in [3.8, 4) is 5.75 Å². The molecule has 0 aromatic heterocycles. The van der Waals surface area contributed by atoms with E-state index in [0.717, 1.165) is 22.5 Å². The topological polar surface area (TPSA) is 113 Å². The lowest BCUT2D eigenvalue weighted by atomic mass is 10.2. The van der Waals surface area contributed by atoms with Crippen molar-refractivity contribution in [1.82, 2.24) is 5.32 Å². The third kappa shape index (κ3) is 4.02. The van der Waals surface area contributed by atoms with Crippen molar-refractivity contribution in [2.45, 2.75) is 24.3 Å². The average molecular weight is 422 g/mol. The fourth-order valence-corrected chi connectivity index (χ4v) is 4.39. The molecule has 2 N–H and O–H groups in total. The summed E-state index contributed by atoms with van der Waals surface area (Å²) >= 11 is 0. The number of nitrogens with zero attached hydrogens (tertiary/aromatic N) is 1. The van der Waals surface area contributed by atoms with Crippen molar-refractivity contribution in [3.63, 3.8) is 0 Å². The molecule has 1 atom stereocenters. The van der Waals surface area contributed by atoms with Crippen LogP contribution in [0.1, 0.15) is 23.7 Å². The summed E-state index contributed by atoms with van der Waals surface area (Å²) in [6.07, 6.45) is -0.393. The highest BCUT2D eigenvalue weighted by Gasteiger charge is 2.37. The van der Waals surface area contributed by atoms with E-state index in [9.17, 15) is 22.4 Å². The molecule has 1 aliphatic heterocycles. The molecule has 0 spiro atoms. The van der Waals surface area contributed by atoms with Crippen molar-refractivity contribution in [2.24, 2.45) is 0 Å². The monoisotopic (exact) mass is 422 g/mol. The number of nitrogens with one attached hydrogen (secondary N) is 1. The zero-order valence-corrected chi connectivity index (χ0v) is 16.3. The van der Waals surface area contributed by atoms with Crippen molar-refractivity contribution in [2.75, 3.05) is 17.4 Å².